The third-order valence-corrected chi connectivity index (χ3v) is 2.95. The standard InChI is InChI=1S/C12H16N2O2/c1-14-8-4-5-10(14)9-16-12(15)11-6-2-3-7-13-11/h2-3,6-7,10H,4-5,8-9H2,1H3. The molecule has 0 spiro atoms. The Labute approximate surface area is 95.2 Å². The molecule has 1 saturated heterocycles. The van der Waals surface area contributed by atoms with Gasteiger partial charge in [-0.2, -0.15) is 0 Å². The number of hydrogen-bond acceptors (Lipinski definition) is 4. The quantitative estimate of drug-likeness (QED) is 0.721. The summed E-state index contributed by atoms with van der Waals surface area (Å²) in [7, 11) is 2.06. The van der Waals surface area contributed by atoms with Gasteiger partial charge in [0.2, 0.25) is 0 Å². The Hall–Kier alpha value is -1.42. The lowest BCUT2D eigenvalue weighted by Crippen LogP contribution is -2.30. The molecule has 16 heavy (non-hydrogen) atoms. The van der Waals surface area contributed by atoms with Crippen LogP contribution in [0.15, 0.2) is 24.4 Å². The van der Waals surface area contributed by atoms with Crippen LogP contribution in [-0.2, 0) is 4.74 Å². The van der Waals surface area contributed by atoms with Crippen LogP contribution in [-0.4, -0.2) is 42.1 Å². The predicted molar refractivity (Wildman–Crippen MR) is 60.2 cm³/mol. The van der Waals surface area contributed by atoms with Crippen molar-refractivity contribution in [3.05, 3.63) is 30.1 Å². The van der Waals surface area contributed by atoms with Crippen LogP contribution in [0.5, 0.6) is 0 Å². The van der Waals surface area contributed by atoms with Gasteiger partial charge in [-0.25, -0.2) is 9.78 Å². The minimum absolute atomic E-state index is 0.332. The van der Waals surface area contributed by atoms with Crippen molar-refractivity contribution in [3.8, 4) is 0 Å². The zero-order chi connectivity index (χ0) is 11.4. The summed E-state index contributed by atoms with van der Waals surface area (Å²) >= 11 is 0. The summed E-state index contributed by atoms with van der Waals surface area (Å²) in [6.45, 7) is 1.55. The fraction of sp³-hybridized carbons (Fsp3) is 0.500. The average Bonchev–Trinajstić information content (AvgIpc) is 2.73. The Bertz CT molecular complexity index is 353. The van der Waals surface area contributed by atoms with Gasteiger partial charge in [-0.15, -0.1) is 0 Å². The van der Waals surface area contributed by atoms with Crippen LogP contribution in [0.3, 0.4) is 0 Å². The molecule has 1 unspecified atom stereocenters. The van der Waals surface area contributed by atoms with Gasteiger partial charge >= 0.3 is 5.97 Å². The van der Waals surface area contributed by atoms with E-state index >= 15 is 0 Å². The van der Waals surface area contributed by atoms with Crippen LogP contribution < -0.4 is 0 Å². The molecule has 1 aliphatic heterocycles. The second kappa shape index (κ2) is 5.07. The molecule has 1 fully saturated rings. The minimum Gasteiger partial charge on any atom is -0.459 e. The predicted octanol–water partition coefficient (Wildman–Crippen LogP) is 1.33. The van der Waals surface area contributed by atoms with Crippen molar-refractivity contribution in [1.82, 2.24) is 9.88 Å². The fourth-order valence-electron chi connectivity index (χ4n) is 1.92. The van der Waals surface area contributed by atoms with Crippen molar-refractivity contribution < 1.29 is 9.53 Å². The van der Waals surface area contributed by atoms with Gasteiger partial charge < -0.3 is 9.64 Å². The highest BCUT2D eigenvalue weighted by molar-refractivity contribution is 5.87. The molecule has 0 aromatic carbocycles. The molecule has 0 saturated carbocycles. The van der Waals surface area contributed by atoms with Crippen LogP contribution >= 0.6 is 0 Å². The topological polar surface area (TPSA) is 42.4 Å². The maximum Gasteiger partial charge on any atom is 0.356 e. The molecule has 0 amide bonds. The second-order valence-corrected chi connectivity index (χ2v) is 4.09. The molecule has 0 aliphatic carbocycles. The van der Waals surface area contributed by atoms with Gasteiger partial charge in [0.25, 0.3) is 0 Å². The molecule has 1 atom stereocenters. The van der Waals surface area contributed by atoms with Crippen LogP contribution in [0.1, 0.15) is 23.3 Å². The number of esters is 1. The van der Waals surface area contributed by atoms with Crippen molar-refractivity contribution in [2.75, 3.05) is 20.2 Å². The monoisotopic (exact) mass is 220 g/mol. The maximum absolute atomic E-state index is 11.6. The molecule has 2 rings (SSSR count). The first-order valence-electron chi connectivity index (χ1n) is 5.56. The van der Waals surface area contributed by atoms with Crippen LogP contribution in [0, 0.1) is 0 Å². The second-order valence-electron chi connectivity index (χ2n) is 4.09. The molecule has 4 nitrogen and oxygen atoms in total. The van der Waals surface area contributed by atoms with Crippen molar-refractivity contribution >= 4 is 5.97 Å². The van der Waals surface area contributed by atoms with E-state index in [4.69, 9.17) is 4.74 Å². The van der Waals surface area contributed by atoms with Crippen molar-refractivity contribution in [2.24, 2.45) is 0 Å². The van der Waals surface area contributed by atoms with E-state index in [2.05, 4.69) is 16.9 Å². The summed E-state index contributed by atoms with van der Waals surface area (Å²) in [5.74, 6) is -0.332. The first kappa shape index (κ1) is 11.1. The maximum atomic E-state index is 11.6. The Morgan fingerprint density at radius 3 is 3.12 bits per heavy atom. The summed E-state index contributed by atoms with van der Waals surface area (Å²) in [6, 6.07) is 5.60. The highest BCUT2D eigenvalue weighted by Gasteiger charge is 2.22. The number of rotatable bonds is 3. The van der Waals surface area contributed by atoms with Gasteiger partial charge in [0, 0.05) is 12.2 Å². The molecule has 0 N–H and O–H groups in total. The molecule has 2 heterocycles. The number of carbonyl (C=O) groups is 1. The lowest BCUT2D eigenvalue weighted by Gasteiger charge is -2.18. The lowest BCUT2D eigenvalue weighted by atomic mass is 10.2. The number of aromatic nitrogens is 1. The normalized spacial score (nSPS) is 20.9. The molecular formula is C12H16N2O2. The fourth-order valence-corrected chi connectivity index (χ4v) is 1.92. The zero-order valence-electron chi connectivity index (χ0n) is 9.43. The van der Waals surface area contributed by atoms with Gasteiger partial charge in [0.05, 0.1) is 0 Å². The van der Waals surface area contributed by atoms with Gasteiger partial charge in [-0.05, 0) is 38.6 Å². The van der Waals surface area contributed by atoms with E-state index in [-0.39, 0.29) is 5.97 Å². The van der Waals surface area contributed by atoms with Gasteiger partial charge in [0.1, 0.15) is 12.3 Å². The van der Waals surface area contributed by atoms with Crippen molar-refractivity contribution in [3.63, 3.8) is 0 Å². The molecule has 86 valence electrons. The number of nitrogens with zero attached hydrogens (tertiary/aromatic N) is 2. The van der Waals surface area contributed by atoms with Crippen LogP contribution in [0.4, 0.5) is 0 Å². The first-order chi connectivity index (χ1) is 7.77. The minimum atomic E-state index is -0.332. The van der Waals surface area contributed by atoms with Crippen molar-refractivity contribution in [1.29, 1.82) is 0 Å². The highest BCUT2D eigenvalue weighted by atomic mass is 16.5. The number of pyridine rings is 1. The number of carbonyl (C=O) groups excluding carboxylic acids is 1. The first-order valence-corrected chi connectivity index (χ1v) is 5.56. The number of likely N-dealkylation sites (N-methyl/N-ethyl adjacent to an activating group) is 1. The average molecular weight is 220 g/mol. The van der Waals surface area contributed by atoms with Gasteiger partial charge in [-0.3, -0.25) is 0 Å². The summed E-state index contributed by atoms with van der Waals surface area (Å²) < 4.78 is 5.24. The van der Waals surface area contributed by atoms with Gasteiger partial charge in [0.15, 0.2) is 0 Å². The number of ether oxygens (including phenoxy) is 1. The summed E-state index contributed by atoms with van der Waals surface area (Å²) in [5, 5.41) is 0. The van der Waals surface area contributed by atoms with Gasteiger partial charge in [-0.1, -0.05) is 6.07 Å². The summed E-state index contributed by atoms with van der Waals surface area (Å²) in [4.78, 5) is 17.8. The third kappa shape index (κ3) is 2.58. The molecule has 0 radical (unpaired) electrons. The summed E-state index contributed by atoms with van der Waals surface area (Å²) in [6.07, 6.45) is 3.88. The molecule has 1 aromatic heterocycles. The lowest BCUT2D eigenvalue weighted by molar-refractivity contribution is 0.0409. The third-order valence-electron chi connectivity index (χ3n) is 2.95. The molecule has 4 heteroatoms. The highest BCUT2D eigenvalue weighted by Crippen LogP contribution is 2.15. The Kier molecular flexibility index (Phi) is 3.51. The van der Waals surface area contributed by atoms with Crippen molar-refractivity contribution in [2.45, 2.75) is 18.9 Å². The van der Waals surface area contributed by atoms with Crippen LogP contribution in [0.2, 0.25) is 0 Å². The molecule has 0 bridgehead atoms. The summed E-state index contributed by atoms with van der Waals surface area (Å²) in [5.41, 5.74) is 0.378. The molecule has 1 aliphatic rings. The Balaban J connectivity index is 1.84. The van der Waals surface area contributed by atoms with E-state index in [1.165, 1.54) is 6.42 Å². The number of hydrogen-bond donors (Lipinski definition) is 0. The Morgan fingerprint density at radius 2 is 2.50 bits per heavy atom. The van der Waals surface area contributed by atoms with E-state index < -0.39 is 0 Å². The van der Waals surface area contributed by atoms with E-state index in [9.17, 15) is 4.79 Å². The number of likely N-dealkylation sites (tertiary alicyclic amines) is 1. The zero-order valence-corrected chi connectivity index (χ0v) is 9.43. The van der Waals surface area contributed by atoms with E-state index in [0.717, 1.165) is 13.0 Å². The Morgan fingerprint density at radius 1 is 1.62 bits per heavy atom. The molecular weight excluding hydrogens is 204 g/mol. The SMILES string of the molecule is CN1CCCC1COC(=O)c1ccccn1. The van der Waals surface area contributed by atoms with E-state index in [0.29, 0.717) is 18.3 Å². The van der Waals surface area contributed by atoms with E-state index in [1.807, 2.05) is 0 Å². The molecule has 1 aromatic rings. The smallest absolute Gasteiger partial charge is 0.356 e. The van der Waals surface area contributed by atoms with Crippen LogP contribution in [0.25, 0.3) is 0 Å². The largest absolute Gasteiger partial charge is 0.459 e. The van der Waals surface area contributed by atoms with E-state index in [1.54, 1.807) is 24.4 Å².